The maximum atomic E-state index is 11.2. The van der Waals surface area contributed by atoms with Crippen molar-refractivity contribution in [2.45, 2.75) is 6.42 Å². The fourth-order valence-corrected chi connectivity index (χ4v) is 3.63. The Morgan fingerprint density at radius 2 is 1.97 bits per heavy atom. The van der Waals surface area contributed by atoms with Crippen molar-refractivity contribution in [3.8, 4) is 11.3 Å². The van der Waals surface area contributed by atoms with Crippen molar-refractivity contribution in [1.29, 1.82) is 0 Å². The number of hydrogen-bond donors (Lipinski definition) is 0. The third kappa shape index (κ3) is 4.55. The van der Waals surface area contributed by atoms with Gasteiger partial charge in [0.2, 0.25) is 5.82 Å². The number of piperazine rings is 1. The molecule has 1 aliphatic heterocycles. The number of nitro groups is 1. The standard InChI is InChI=1S/C20H20ClN5O3/c21-16-4-1-3-15(13-16)19-14-17(23-29-19)6-8-24-9-11-25(12-10-24)20-18(26(27)28)5-2-7-22-20/h1-5,7,13-14H,6,8-12H2. The monoisotopic (exact) mass is 413 g/mol. The molecule has 0 unspecified atom stereocenters. The normalized spacial score (nSPS) is 14.9. The van der Waals surface area contributed by atoms with Gasteiger partial charge in [-0.3, -0.25) is 15.0 Å². The van der Waals surface area contributed by atoms with Crippen molar-refractivity contribution in [1.82, 2.24) is 15.0 Å². The van der Waals surface area contributed by atoms with Gasteiger partial charge in [-0.25, -0.2) is 4.98 Å². The number of aromatic nitrogens is 2. The van der Waals surface area contributed by atoms with Crippen molar-refractivity contribution in [3.05, 3.63) is 69.5 Å². The SMILES string of the molecule is O=[N+]([O-])c1cccnc1N1CCN(CCc2cc(-c3cccc(Cl)c3)on2)CC1. The molecular formula is C20H20ClN5O3. The molecule has 1 fully saturated rings. The van der Waals surface area contributed by atoms with Crippen LogP contribution in [0, 0.1) is 10.1 Å². The zero-order valence-electron chi connectivity index (χ0n) is 15.7. The van der Waals surface area contributed by atoms with Crippen LogP contribution in [0.1, 0.15) is 5.69 Å². The van der Waals surface area contributed by atoms with Gasteiger partial charge >= 0.3 is 5.69 Å². The molecule has 1 saturated heterocycles. The van der Waals surface area contributed by atoms with Crippen LogP contribution in [0.3, 0.4) is 0 Å². The summed E-state index contributed by atoms with van der Waals surface area (Å²) in [4.78, 5) is 19.3. The zero-order chi connectivity index (χ0) is 20.2. The summed E-state index contributed by atoms with van der Waals surface area (Å²) in [6.45, 7) is 3.87. The molecule has 0 amide bonds. The summed E-state index contributed by atoms with van der Waals surface area (Å²) < 4.78 is 5.45. The van der Waals surface area contributed by atoms with E-state index in [4.69, 9.17) is 16.1 Å². The van der Waals surface area contributed by atoms with Gasteiger partial charge < -0.3 is 9.42 Å². The minimum atomic E-state index is -0.378. The average Bonchev–Trinajstić information content (AvgIpc) is 3.22. The van der Waals surface area contributed by atoms with Crippen molar-refractivity contribution in [2.75, 3.05) is 37.6 Å². The number of halogens is 1. The van der Waals surface area contributed by atoms with E-state index in [9.17, 15) is 10.1 Å². The topological polar surface area (TPSA) is 88.5 Å². The van der Waals surface area contributed by atoms with E-state index in [0.29, 0.717) is 29.7 Å². The van der Waals surface area contributed by atoms with E-state index in [1.807, 2.05) is 35.2 Å². The second kappa shape index (κ2) is 8.59. The minimum absolute atomic E-state index is 0.0529. The first-order chi connectivity index (χ1) is 14.1. The van der Waals surface area contributed by atoms with Crippen molar-refractivity contribution < 1.29 is 9.45 Å². The van der Waals surface area contributed by atoms with Gasteiger partial charge in [0.1, 0.15) is 0 Å². The first kappa shape index (κ1) is 19.4. The Morgan fingerprint density at radius 3 is 2.72 bits per heavy atom. The number of anilines is 1. The molecule has 0 spiro atoms. The van der Waals surface area contributed by atoms with Crippen LogP contribution in [0.4, 0.5) is 11.5 Å². The summed E-state index contributed by atoms with van der Waals surface area (Å²) in [5, 5.41) is 16.0. The van der Waals surface area contributed by atoms with Crippen molar-refractivity contribution in [3.63, 3.8) is 0 Å². The number of benzene rings is 1. The molecule has 1 aromatic carbocycles. The second-order valence-electron chi connectivity index (χ2n) is 6.87. The van der Waals surface area contributed by atoms with E-state index in [0.717, 1.165) is 37.3 Å². The number of hydrogen-bond acceptors (Lipinski definition) is 7. The van der Waals surface area contributed by atoms with Crippen LogP contribution in [0.25, 0.3) is 11.3 Å². The molecule has 0 N–H and O–H groups in total. The Morgan fingerprint density at radius 1 is 1.14 bits per heavy atom. The molecule has 0 aliphatic carbocycles. The van der Waals surface area contributed by atoms with Crippen LogP contribution in [-0.2, 0) is 6.42 Å². The first-order valence-electron chi connectivity index (χ1n) is 9.38. The lowest BCUT2D eigenvalue weighted by molar-refractivity contribution is -0.384. The smallest absolute Gasteiger partial charge is 0.311 e. The van der Waals surface area contributed by atoms with Crippen molar-refractivity contribution >= 4 is 23.1 Å². The maximum Gasteiger partial charge on any atom is 0.311 e. The highest BCUT2D eigenvalue weighted by molar-refractivity contribution is 6.30. The van der Waals surface area contributed by atoms with Gasteiger partial charge in [-0.05, 0) is 18.2 Å². The van der Waals surface area contributed by atoms with Gasteiger partial charge in [-0.1, -0.05) is 28.9 Å². The molecule has 0 atom stereocenters. The molecule has 29 heavy (non-hydrogen) atoms. The van der Waals surface area contributed by atoms with Gasteiger partial charge in [0.15, 0.2) is 5.76 Å². The summed E-state index contributed by atoms with van der Waals surface area (Å²) in [6, 6.07) is 12.5. The summed E-state index contributed by atoms with van der Waals surface area (Å²) in [6.07, 6.45) is 2.37. The highest BCUT2D eigenvalue weighted by atomic mass is 35.5. The van der Waals surface area contributed by atoms with Crippen molar-refractivity contribution in [2.24, 2.45) is 0 Å². The third-order valence-electron chi connectivity index (χ3n) is 4.99. The molecule has 0 saturated carbocycles. The van der Waals surface area contributed by atoms with Gasteiger partial charge in [0.25, 0.3) is 0 Å². The lowest BCUT2D eigenvalue weighted by Gasteiger charge is -2.34. The van der Waals surface area contributed by atoms with E-state index in [1.54, 1.807) is 12.3 Å². The van der Waals surface area contributed by atoms with Gasteiger partial charge in [0.05, 0.1) is 10.6 Å². The lowest BCUT2D eigenvalue weighted by atomic mass is 10.1. The second-order valence-corrected chi connectivity index (χ2v) is 7.31. The molecule has 1 aliphatic rings. The fraction of sp³-hybridized carbons (Fsp3) is 0.300. The highest BCUT2D eigenvalue weighted by Crippen LogP contribution is 2.26. The molecule has 9 heteroatoms. The molecular weight excluding hydrogens is 394 g/mol. The Bertz CT molecular complexity index is 1000. The van der Waals surface area contributed by atoms with Crippen LogP contribution >= 0.6 is 11.6 Å². The van der Waals surface area contributed by atoms with Crippen LogP contribution in [-0.4, -0.2) is 52.7 Å². The molecule has 2 aromatic heterocycles. The summed E-state index contributed by atoms with van der Waals surface area (Å²) in [7, 11) is 0. The number of pyridine rings is 1. The van der Waals surface area contributed by atoms with Gasteiger partial charge in [-0.2, -0.15) is 0 Å². The van der Waals surface area contributed by atoms with E-state index >= 15 is 0 Å². The van der Waals surface area contributed by atoms with Crippen LogP contribution in [0.15, 0.2) is 53.2 Å². The fourth-order valence-electron chi connectivity index (χ4n) is 3.44. The number of nitrogens with zero attached hydrogens (tertiary/aromatic N) is 5. The molecule has 0 bridgehead atoms. The zero-order valence-corrected chi connectivity index (χ0v) is 16.5. The van der Waals surface area contributed by atoms with E-state index < -0.39 is 0 Å². The van der Waals surface area contributed by atoms with Gasteiger partial charge in [0, 0.05) is 68.1 Å². The molecule has 3 heterocycles. The van der Waals surface area contributed by atoms with Crippen LogP contribution in [0.2, 0.25) is 5.02 Å². The third-order valence-corrected chi connectivity index (χ3v) is 5.22. The lowest BCUT2D eigenvalue weighted by Crippen LogP contribution is -2.47. The van der Waals surface area contributed by atoms with E-state index in [1.165, 1.54) is 6.07 Å². The largest absolute Gasteiger partial charge is 0.356 e. The first-order valence-corrected chi connectivity index (χ1v) is 9.76. The van der Waals surface area contributed by atoms with E-state index in [2.05, 4.69) is 15.0 Å². The Hall–Kier alpha value is -2.97. The van der Waals surface area contributed by atoms with Gasteiger partial charge in [-0.15, -0.1) is 0 Å². The summed E-state index contributed by atoms with van der Waals surface area (Å²) >= 11 is 6.03. The maximum absolute atomic E-state index is 11.2. The summed E-state index contributed by atoms with van der Waals surface area (Å²) in [5.74, 6) is 1.15. The Kier molecular flexibility index (Phi) is 5.73. The highest BCUT2D eigenvalue weighted by Gasteiger charge is 2.24. The minimum Gasteiger partial charge on any atom is -0.356 e. The van der Waals surface area contributed by atoms with E-state index in [-0.39, 0.29) is 10.6 Å². The Labute approximate surface area is 172 Å². The average molecular weight is 414 g/mol. The molecule has 150 valence electrons. The molecule has 3 aromatic rings. The predicted molar refractivity (Wildman–Crippen MR) is 110 cm³/mol. The molecule has 4 rings (SSSR count). The van der Waals surface area contributed by atoms with Crippen LogP contribution in [0.5, 0.6) is 0 Å². The summed E-state index contributed by atoms with van der Waals surface area (Å²) in [5.41, 5.74) is 1.85. The van der Waals surface area contributed by atoms with Crippen LogP contribution < -0.4 is 4.90 Å². The quantitative estimate of drug-likeness (QED) is 0.450. The predicted octanol–water partition coefficient (Wildman–Crippen LogP) is 3.66. The molecule has 0 radical (unpaired) electrons. The number of rotatable bonds is 6. The molecule has 8 nitrogen and oxygen atoms in total. The Balaban J connectivity index is 1.31.